The number of likely N-dealkylation sites (tertiary alicyclic amines) is 1. The lowest BCUT2D eigenvalue weighted by atomic mass is 10.1. The molecule has 2 heterocycles. The molecule has 1 aliphatic heterocycles. The van der Waals surface area contributed by atoms with Crippen LogP contribution in [-0.4, -0.2) is 47.6 Å². The molecule has 1 aromatic heterocycles. The van der Waals surface area contributed by atoms with E-state index in [9.17, 15) is 27.2 Å². The molecule has 1 aliphatic rings. The van der Waals surface area contributed by atoms with Crippen LogP contribution in [0.25, 0.3) is 11.3 Å². The summed E-state index contributed by atoms with van der Waals surface area (Å²) in [6.07, 6.45) is -3.64. The quantitative estimate of drug-likeness (QED) is 0.520. The average Bonchev–Trinajstić information content (AvgIpc) is 3.33. The third-order valence-corrected chi connectivity index (χ3v) is 5.53. The minimum atomic E-state index is -4.41. The Balaban J connectivity index is 1.22. The molecular formula is C24H21F4N3O4. The molecular weight excluding hydrogens is 470 g/mol. The van der Waals surface area contributed by atoms with Gasteiger partial charge in [0.1, 0.15) is 17.7 Å². The van der Waals surface area contributed by atoms with Crippen LogP contribution in [0.4, 0.5) is 17.6 Å². The third kappa shape index (κ3) is 6.17. The summed E-state index contributed by atoms with van der Waals surface area (Å²) in [5, 5.41) is 6.16. The van der Waals surface area contributed by atoms with E-state index in [4.69, 9.17) is 9.26 Å². The van der Waals surface area contributed by atoms with E-state index in [1.165, 1.54) is 36.4 Å². The lowest BCUT2D eigenvalue weighted by Gasteiger charge is -2.32. The number of hydrogen-bond acceptors (Lipinski definition) is 5. The van der Waals surface area contributed by atoms with Crippen molar-refractivity contribution in [3.8, 4) is 17.1 Å². The first-order chi connectivity index (χ1) is 16.7. The number of nitrogens with one attached hydrogen (secondary N) is 1. The van der Waals surface area contributed by atoms with Gasteiger partial charge in [-0.1, -0.05) is 17.3 Å². The van der Waals surface area contributed by atoms with E-state index in [-0.39, 0.29) is 30.0 Å². The summed E-state index contributed by atoms with van der Waals surface area (Å²) in [4.78, 5) is 26.4. The summed E-state index contributed by atoms with van der Waals surface area (Å²) in [5.74, 6) is -0.800. The predicted molar refractivity (Wildman–Crippen MR) is 116 cm³/mol. The van der Waals surface area contributed by atoms with Crippen molar-refractivity contribution in [2.24, 2.45) is 0 Å². The first kappa shape index (κ1) is 24.2. The number of ether oxygens (including phenoxy) is 1. The van der Waals surface area contributed by atoms with Gasteiger partial charge >= 0.3 is 6.18 Å². The van der Waals surface area contributed by atoms with Crippen LogP contribution in [0.1, 0.15) is 28.9 Å². The van der Waals surface area contributed by atoms with Gasteiger partial charge in [-0.3, -0.25) is 9.59 Å². The van der Waals surface area contributed by atoms with Gasteiger partial charge in [-0.25, -0.2) is 4.39 Å². The van der Waals surface area contributed by atoms with Crippen molar-refractivity contribution < 1.29 is 36.4 Å². The highest BCUT2D eigenvalue weighted by atomic mass is 19.4. The van der Waals surface area contributed by atoms with Crippen LogP contribution < -0.4 is 10.1 Å². The molecule has 3 aromatic rings. The first-order valence-corrected chi connectivity index (χ1v) is 10.8. The van der Waals surface area contributed by atoms with Gasteiger partial charge in [-0.05, 0) is 36.4 Å². The minimum Gasteiger partial charge on any atom is -0.490 e. The Morgan fingerprint density at radius 2 is 1.80 bits per heavy atom. The summed E-state index contributed by atoms with van der Waals surface area (Å²) in [6.45, 7) is 0.521. The number of carbonyl (C=O) groups excluding carboxylic acids is 2. The van der Waals surface area contributed by atoms with Crippen molar-refractivity contribution in [3.05, 3.63) is 71.7 Å². The van der Waals surface area contributed by atoms with Crippen LogP contribution >= 0.6 is 0 Å². The maximum Gasteiger partial charge on any atom is 0.416 e. The number of nitrogens with zero attached hydrogens (tertiary/aromatic N) is 2. The molecule has 11 heteroatoms. The highest BCUT2D eigenvalue weighted by molar-refractivity contribution is 5.95. The molecule has 0 saturated carbocycles. The fourth-order valence-electron chi connectivity index (χ4n) is 3.66. The summed E-state index contributed by atoms with van der Waals surface area (Å²) in [7, 11) is 0. The van der Waals surface area contributed by atoms with Crippen molar-refractivity contribution in [3.63, 3.8) is 0 Å². The number of aromatic nitrogens is 1. The van der Waals surface area contributed by atoms with Crippen LogP contribution in [0.5, 0.6) is 5.75 Å². The van der Waals surface area contributed by atoms with Gasteiger partial charge in [0, 0.05) is 37.6 Å². The van der Waals surface area contributed by atoms with E-state index in [0.717, 1.165) is 12.1 Å². The second-order valence-electron chi connectivity index (χ2n) is 7.99. The second kappa shape index (κ2) is 10.2. The Kier molecular flexibility index (Phi) is 7.04. The topological polar surface area (TPSA) is 84.7 Å². The smallest absolute Gasteiger partial charge is 0.416 e. The van der Waals surface area contributed by atoms with E-state index in [2.05, 4.69) is 10.5 Å². The molecule has 0 unspecified atom stereocenters. The number of amides is 2. The van der Waals surface area contributed by atoms with Crippen LogP contribution in [0.15, 0.2) is 59.1 Å². The Hall–Kier alpha value is -3.89. The largest absolute Gasteiger partial charge is 0.490 e. The van der Waals surface area contributed by atoms with Gasteiger partial charge in [-0.15, -0.1) is 0 Å². The molecule has 0 radical (unpaired) electrons. The van der Waals surface area contributed by atoms with E-state index in [1.807, 2.05) is 0 Å². The molecule has 184 valence electrons. The van der Waals surface area contributed by atoms with Gasteiger partial charge in [-0.2, -0.15) is 13.2 Å². The molecule has 0 atom stereocenters. The normalized spacial score (nSPS) is 14.6. The van der Waals surface area contributed by atoms with E-state index in [1.54, 1.807) is 11.0 Å². The standard InChI is InChI=1S/C24H21F4N3O4/c25-17-3-1-2-15(12-17)21-13-20(30-35-21)23(33)29-14-22(32)31-10-8-19(9-11-31)34-18-6-4-16(5-7-18)24(26,27)28/h1-7,12-13,19H,8-11,14H2,(H,29,33). The zero-order valence-electron chi connectivity index (χ0n) is 18.3. The molecule has 1 N–H and O–H groups in total. The summed E-state index contributed by atoms with van der Waals surface area (Å²) >= 11 is 0. The van der Waals surface area contributed by atoms with Crippen molar-refractivity contribution in [2.75, 3.05) is 19.6 Å². The molecule has 2 amide bonds. The van der Waals surface area contributed by atoms with Gasteiger partial charge in [0.2, 0.25) is 5.91 Å². The molecule has 1 fully saturated rings. The van der Waals surface area contributed by atoms with Crippen LogP contribution in [0.2, 0.25) is 0 Å². The van der Waals surface area contributed by atoms with Crippen LogP contribution in [-0.2, 0) is 11.0 Å². The number of carbonyl (C=O) groups is 2. The van der Waals surface area contributed by atoms with Crippen molar-refractivity contribution in [2.45, 2.75) is 25.1 Å². The molecule has 2 aromatic carbocycles. The van der Waals surface area contributed by atoms with Crippen LogP contribution in [0.3, 0.4) is 0 Å². The number of halogens is 4. The number of alkyl halides is 3. The van der Waals surface area contributed by atoms with Crippen molar-refractivity contribution in [1.82, 2.24) is 15.4 Å². The Morgan fingerprint density at radius 1 is 1.09 bits per heavy atom. The Labute approximate surface area is 197 Å². The van der Waals surface area contributed by atoms with Gasteiger partial charge < -0.3 is 19.5 Å². The average molecular weight is 491 g/mol. The van der Waals surface area contributed by atoms with E-state index >= 15 is 0 Å². The van der Waals surface area contributed by atoms with Crippen molar-refractivity contribution >= 4 is 11.8 Å². The highest BCUT2D eigenvalue weighted by Crippen LogP contribution is 2.31. The maximum atomic E-state index is 13.4. The predicted octanol–water partition coefficient (Wildman–Crippen LogP) is 4.30. The van der Waals surface area contributed by atoms with E-state index < -0.39 is 23.5 Å². The summed E-state index contributed by atoms with van der Waals surface area (Å²) in [5.41, 5.74) is -0.363. The van der Waals surface area contributed by atoms with Gasteiger partial charge in [0.25, 0.3) is 5.91 Å². The molecule has 0 spiro atoms. The fraction of sp³-hybridized carbons (Fsp3) is 0.292. The summed E-state index contributed by atoms with van der Waals surface area (Å²) < 4.78 is 62.2. The lowest BCUT2D eigenvalue weighted by molar-refractivity contribution is -0.137. The van der Waals surface area contributed by atoms with Crippen LogP contribution in [0, 0.1) is 5.82 Å². The molecule has 35 heavy (non-hydrogen) atoms. The monoisotopic (exact) mass is 491 g/mol. The van der Waals surface area contributed by atoms with Gasteiger partial charge in [0.15, 0.2) is 11.5 Å². The zero-order valence-corrected chi connectivity index (χ0v) is 18.3. The fourth-order valence-corrected chi connectivity index (χ4v) is 3.66. The molecule has 0 bridgehead atoms. The number of piperidine rings is 1. The zero-order chi connectivity index (χ0) is 25.0. The number of benzene rings is 2. The second-order valence-corrected chi connectivity index (χ2v) is 7.99. The first-order valence-electron chi connectivity index (χ1n) is 10.8. The molecule has 0 aliphatic carbocycles. The SMILES string of the molecule is O=C(NCC(=O)N1CCC(Oc2ccc(C(F)(F)F)cc2)CC1)c1cc(-c2cccc(F)c2)on1. The van der Waals surface area contributed by atoms with Crippen molar-refractivity contribution in [1.29, 1.82) is 0 Å². The Morgan fingerprint density at radius 3 is 2.46 bits per heavy atom. The summed E-state index contributed by atoms with van der Waals surface area (Å²) in [6, 6.07) is 11.5. The lowest BCUT2D eigenvalue weighted by Crippen LogP contribution is -2.46. The van der Waals surface area contributed by atoms with E-state index in [0.29, 0.717) is 37.2 Å². The third-order valence-electron chi connectivity index (χ3n) is 5.53. The van der Waals surface area contributed by atoms with Gasteiger partial charge in [0.05, 0.1) is 12.1 Å². The Bertz CT molecular complexity index is 1190. The molecule has 1 saturated heterocycles. The molecule has 7 nitrogen and oxygen atoms in total. The number of rotatable bonds is 6. The highest BCUT2D eigenvalue weighted by Gasteiger charge is 2.30. The maximum absolute atomic E-state index is 13.4. The molecule has 4 rings (SSSR count). The number of hydrogen-bond donors (Lipinski definition) is 1. The minimum absolute atomic E-state index is 0.0410.